The number of hydrogen-bond donors (Lipinski definition) is 0. The zero-order chi connectivity index (χ0) is 12.1. The van der Waals surface area contributed by atoms with Crippen LogP contribution in [-0.4, -0.2) is 12.9 Å². The molecule has 0 bridgehead atoms. The molecule has 0 amide bonds. The van der Waals surface area contributed by atoms with Crippen molar-refractivity contribution in [3.63, 3.8) is 0 Å². The van der Waals surface area contributed by atoms with Crippen LogP contribution in [0.25, 0.3) is 10.8 Å². The molecule has 0 atom stereocenters. The highest BCUT2D eigenvalue weighted by atomic mass is 16.5. The molecule has 0 aliphatic rings. The molecule has 2 rings (SSSR count). The maximum atomic E-state index is 10.5. The summed E-state index contributed by atoms with van der Waals surface area (Å²) in [6, 6.07) is 11.4. The van der Waals surface area contributed by atoms with Crippen LogP contribution in [0.5, 0.6) is 5.75 Å². The zero-order valence-electron chi connectivity index (χ0n) is 9.90. The number of rotatable bonds is 5. The van der Waals surface area contributed by atoms with Crippen LogP contribution in [0, 0.1) is 0 Å². The van der Waals surface area contributed by atoms with E-state index in [1.165, 1.54) is 0 Å². The van der Waals surface area contributed by atoms with Gasteiger partial charge in [-0.1, -0.05) is 31.5 Å². The molecule has 0 aliphatic heterocycles. The van der Waals surface area contributed by atoms with Crippen LogP contribution in [0.4, 0.5) is 0 Å². The first kappa shape index (κ1) is 11.6. The Hall–Kier alpha value is -1.83. The van der Waals surface area contributed by atoms with Crippen molar-refractivity contribution in [2.75, 3.05) is 6.61 Å². The highest BCUT2D eigenvalue weighted by molar-refractivity contribution is 5.89. The molecule has 17 heavy (non-hydrogen) atoms. The van der Waals surface area contributed by atoms with Gasteiger partial charge >= 0.3 is 0 Å². The summed E-state index contributed by atoms with van der Waals surface area (Å²) >= 11 is 0. The lowest BCUT2D eigenvalue weighted by Gasteiger charge is -2.06. The van der Waals surface area contributed by atoms with Crippen LogP contribution in [0.15, 0.2) is 36.4 Å². The van der Waals surface area contributed by atoms with Crippen molar-refractivity contribution in [2.24, 2.45) is 0 Å². The van der Waals surface area contributed by atoms with Gasteiger partial charge in [0, 0.05) is 5.56 Å². The van der Waals surface area contributed by atoms with E-state index in [1.54, 1.807) is 6.07 Å². The third-order valence-electron chi connectivity index (χ3n) is 2.70. The van der Waals surface area contributed by atoms with Crippen molar-refractivity contribution in [2.45, 2.75) is 19.8 Å². The lowest BCUT2D eigenvalue weighted by molar-refractivity contribution is 0.310. The van der Waals surface area contributed by atoms with Crippen LogP contribution in [0.2, 0.25) is 0 Å². The first-order chi connectivity index (χ1) is 8.33. The molecular weight excluding hydrogens is 212 g/mol. The van der Waals surface area contributed by atoms with E-state index in [4.69, 9.17) is 4.74 Å². The second-order valence-electron chi connectivity index (χ2n) is 4.03. The maximum Gasteiger partial charge on any atom is 0.233 e. The molecule has 0 unspecified atom stereocenters. The van der Waals surface area contributed by atoms with E-state index in [1.807, 2.05) is 36.6 Å². The standard InChI is InChI=1S/C15H15O2/c1-2-3-8-17-15-7-6-13-9-12(11-16)4-5-14(13)10-15/h4-7,9-10H,2-3,8H2,1H3. The van der Waals surface area contributed by atoms with Gasteiger partial charge < -0.3 is 4.74 Å². The summed E-state index contributed by atoms with van der Waals surface area (Å²) in [4.78, 5) is 10.5. The topological polar surface area (TPSA) is 26.3 Å². The molecule has 0 fully saturated rings. The van der Waals surface area contributed by atoms with Gasteiger partial charge in [-0.25, -0.2) is 0 Å². The Labute approximate surface area is 101 Å². The third kappa shape index (κ3) is 2.84. The summed E-state index contributed by atoms with van der Waals surface area (Å²) in [5.74, 6) is 0.883. The molecule has 87 valence electrons. The SMILES string of the molecule is CCCCOc1ccc2cc([C]=O)ccc2c1. The Morgan fingerprint density at radius 1 is 1.12 bits per heavy atom. The fourth-order valence-electron chi connectivity index (χ4n) is 1.71. The normalized spacial score (nSPS) is 10.4. The van der Waals surface area contributed by atoms with E-state index in [0.29, 0.717) is 5.56 Å². The predicted molar refractivity (Wildman–Crippen MR) is 69.1 cm³/mol. The van der Waals surface area contributed by atoms with Crippen molar-refractivity contribution >= 4 is 17.1 Å². The molecule has 2 aromatic carbocycles. The van der Waals surface area contributed by atoms with Crippen LogP contribution in [-0.2, 0) is 4.79 Å². The summed E-state index contributed by atoms with van der Waals surface area (Å²) in [7, 11) is 0. The fourth-order valence-corrected chi connectivity index (χ4v) is 1.71. The molecule has 0 saturated heterocycles. The highest BCUT2D eigenvalue weighted by Crippen LogP contribution is 2.21. The minimum Gasteiger partial charge on any atom is -0.494 e. The van der Waals surface area contributed by atoms with Crippen LogP contribution in [0.1, 0.15) is 25.3 Å². The van der Waals surface area contributed by atoms with Gasteiger partial charge in [0.1, 0.15) is 5.75 Å². The Bertz CT molecular complexity index is 517. The summed E-state index contributed by atoms with van der Waals surface area (Å²) in [6.07, 6.45) is 4.09. The average molecular weight is 227 g/mol. The summed E-state index contributed by atoms with van der Waals surface area (Å²) in [6.45, 7) is 2.89. The van der Waals surface area contributed by atoms with E-state index >= 15 is 0 Å². The van der Waals surface area contributed by atoms with Crippen LogP contribution >= 0.6 is 0 Å². The second kappa shape index (κ2) is 5.48. The zero-order valence-corrected chi connectivity index (χ0v) is 9.90. The minimum atomic E-state index is 0.581. The van der Waals surface area contributed by atoms with Gasteiger partial charge in [0.2, 0.25) is 6.29 Å². The molecule has 0 aromatic heterocycles. The van der Waals surface area contributed by atoms with E-state index < -0.39 is 0 Å². The number of ether oxygens (including phenoxy) is 1. The van der Waals surface area contributed by atoms with Gasteiger partial charge in [-0.2, -0.15) is 0 Å². The monoisotopic (exact) mass is 227 g/mol. The van der Waals surface area contributed by atoms with Gasteiger partial charge in [0.15, 0.2) is 0 Å². The summed E-state index contributed by atoms with van der Waals surface area (Å²) < 4.78 is 5.63. The fraction of sp³-hybridized carbons (Fsp3) is 0.267. The molecule has 2 aromatic rings. The number of fused-ring (bicyclic) bond motifs is 1. The van der Waals surface area contributed by atoms with E-state index in [-0.39, 0.29) is 0 Å². The molecule has 0 saturated carbocycles. The molecule has 2 nitrogen and oxygen atoms in total. The largest absolute Gasteiger partial charge is 0.494 e. The number of carbonyl (C=O) groups excluding carboxylic acids is 1. The first-order valence-corrected chi connectivity index (χ1v) is 5.88. The maximum absolute atomic E-state index is 10.5. The highest BCUT2D eigenvalue weighted by Gasteiger charge is 1.99. The van der Waals surface area contributed by atoms with E-state index in [0.717, 1.165) is 36.0 Å². The van der Waals surface area contributed by atoms with Crippen molar-refractivity contribution < 1.29 is 9.53 Å². The average Bonchev–Trinajstić information content (AvgIpc) is 2.38. The molecule has 1 radical (unpaired) electrons. The number of benzene rings is 2. The van der Waals surface area contributed by atoms with Crippen molar-refractivity contribution in [3.05, 3.63) is 42.0 Å². The smallest absolute Gasteiger partial charge is 0.233 e. The van der Waals surface area contributed by atoms with Crippen molar-refractivity contribution in [3.8, 4) is 5.75 Å². The second-order valence-corrected chi connectivity index (χ2v) is 4.03. The number of hydrogen-bond acceptors (Lipinski definition) is 2. The number of unbranched alkanes of at least 4 members (excludes halogenated alkanes) is 1. The lowest BCUT2D eigenvalue weighted by Crippen LogP contribution is -1.96. The Balaban J connectivity index is 2.22. The van der Waals surface area contributed by atoms with Gasteiger partial charge in [0.25, 0.3) is 0 Å². The Morgan fingerprint density at radius 2 is 1.88 bits per heavy atom. The predicted octanol–water partition coefficient (Wildman–Crippen LogP) is 3.48. The van der Waals surface area contributed by atoms with Crippen LogP contribution < -0.4 is 4.74 Å². The van der Waals surface area contributed by atoms with Gasteiger partial charge in [-0.15, -0.1) is 0 Å². The third-order valence-corrected chi connectivity index (χ3v) is 2.70. The minimum absolute atomic E-state index is 0.581. The summed E-state index contributed by atoms with van der Waals surface area (Å²) in [5, 5.41) is 2.12. The van der Waals surface area contributed by atoms with Gasteiger partial charge in [-0.05, 0) is 35.4 Å². The van der Waals surface area contributed by atoms with E-state index in [9.17, 15) is 4.79 Å². The molecule has 2 heteroatoms. The molecule has 0 N–H and O–H groups in total. The molecule has 0 aliphatic carbocycles. The van der Waals surface area contributed by atoms with Crippen LogP contribution in [0.3, 0.4) is 0 Å². The summed E-state index contributed by atoms with van der Waals surface area (Å²) in [5.41, 5.74) is 0.581. The van der Waals surface area contributed by atoms with E-state index in [2.05, 4.69) is 6.92 Å². The molecule has 0 spiro atoms. The first-order valence-electron chi connectivity index (χ1n) is 5.88. The van der Waals surface area contributed by atoms with Crippen molar-refractivity contribution in [1.29, 1.82) is 0 Å². The quantitative estimate of drug-likeness (QED) is 0.731. The molecular formula is C15H15O2. The van der Waals surface area contributed by atoms with Crippen molar-refractivity contribution in [1.82, 2.24) is 0 Å². The molecule has 0 heterocycles. The van der Waals surface area contributed by atoms with Gasteiger partial charge in [-0.3, -0.25) is 4.79 Å². The lowest BCUT2D eigenvalue weighted by atomic mass is 10.1. The Morgan fingerprint density at radius 3 is 2.65 bits per heavy atom. The Kier molecular flexibility index (Phi) is 3.76. The van der Waals surface area contributed by atoms with Gasteiger partial charge in [0.05, 0.1) is 6.61 Å².